The number of sulfonamides is 1. The molecule has 0 radical (unpaired) electrons. The summed E-state index contributed by atoms with van der Waals surface area (Å²) >= 11 is 0. The maximum absolute atomic E-state index is 11.7. The number of aromatic nitrogens is 1. The number of aryl methyl sites for hydroxylation is 1. The third-order valence-corrected chi connectivity index (χ3v) is 5.41. The molecular formula is C17H22N4O3S. The lowest BCUT2D eigenvalue weighted by Gasteiger charge is -2.36. The molecule has 0 bridgehead atoms. The summed E-state index contributed by atoms with van der Waals surface area (Å²) in [6.45, 7) is 4.21. The molecule has 8 heteroatoms. The van der Waals surface area contributed by atoms with E-state index in [1.807, 2.05) is 6.07 Å². The number of piperazine rings is 1. The Balaban J connectivity index is 1.60. The lowest BCUT2D eigenvalue weighted by atomic mass is 10.2. The molecule has 2 heterocycles. The second-order valence-corrected chi connectivity index (χ2v) is 7.85. The lowest BCUT2D eigenvalue weighted by Crippen LogP contribution is -2.46. The van der Waals surface area contributed by atoms with Gasteiger partial charge in [-0.05, 0) is 35.9 Å². The zero-order valence-corrected chi connectivity index (χ0v) is 14.9. The predicted molar refractivity (Wildman–Crippen MR) is 97.0 cm³/mol. The largest absolute Gasteiger partial charge is 0.369 e. The summed E-state index contributed by atoms with van der Waals surface area (Å²) in [5.74, 6) is 0. The molecule has 7 nitrogen and oxygen atoms in total. The number of primary sulfonamides is 1. The van der Waals surface area contributed by atoms with Crippen molar-refractivity contribution in [1.29, 1.82) is 0 Å². The smallest absolute Gasteiger partial charge is 0.250 e. The van der Waals surface area contributed by atoms with Crippen LogP contribution in [0.25, 0.3) is 0 Å². The van der Waals surface area contributed by atoms with Gasteiger partial charge < -0.3 is 9.47 Å². The molecular weight excluding hydrogens is 340 g/mol. The molecule has 2 N–H and O–H groups in total. The first-order valence-corrected chi connectivity index (χ1v) is 9.63. The maximum atomic E-state index is 11.7. The van der Waals surface area contributed by atoms with E-state index in [4.69, 9.17) is 5.14 Å². The highest BCUT2D eigenvalue weighted by Crippen LogP contribution is 2.19. The minimum absolute atomic E-state index is 0.00563. The maximum Gasteiger partial charge on any atom is 0.250 e. The molecule has 0 amide bonds. The van der Waals surface area contributed by atoms with E-state index < -0.39 is 10.0 Å². The van der Waals surface area contributed by atoms with Gasteiger partial charge in [0.25, 0.3) is 5.56 Å². The molecule has 0 aliphatic carbocycles. The van der Waals surface area contributed by atoms with Crippen LogP contribution in [0.1, 0.15) is 5.56 Å². The van der Waals surface area contributed by atoms with E-state index in [0.717, 1.165) is 44.0 Å². The second kappa shape index (κ2) is 6.99. The Bertz CT molecular complexity index is 898. The molecule has 0 saturated carbocycles. The summed E-state index contributed by atoms with van der Waals surface area (Å²) in [5.41, 5.74) is 2.01. The fraction of sp³-hybridized carbons (Fsp3) is 0.353. The summed E-state index contributed by atoms with van der Waals surface area (Å²) in [5, 5.41) is 5.12. The average Bonchev–Trinajstić information content (AvgIpc) is 2.58. The van der Waals surface area contributed by atoms with Gasteiger partial charge in [-0.15, -0.1) is 0 Å². The predicted octanol–water partition coefficient (Wildman–Crippen LogP) is 0.355. The van der Waals surface area contributed by atoms with Crippen LogP contribution in [0, 0.1) is 0 Å². The highest BCUT2D eigenvalue weighted by atomic mass is 32.2. The molecule has 1 fully saturated rings. The first kappa shape index (κ1) is 17.7. The standard InChI is InChI=1S/C17H22N4O3S/c1-19-7-6-14(12-17(19)22)13-20-8-10-21(11-9-20)15-2-4-16(5-3-15)25(18,23)24/h2-7,12H,8-11,13H2,1H3,(H2,18,23,24). The lowest BCUT2D eigenvalue weighted by molar-refractivity contribution is 0.249. The molecule has 25 heavy (non-hydrogen) atoms. The van der Waals surface area contributed by atoms with Crippen molar-refractivity contribution < 1.29 is 8.42 Å². The number of pyridine rings is 1. The SMILES string of the molecule is Cn1ccc(CN2CCN(c3ccc(S(N)(=O)=O)cc3)CC2)cc1=O. The number of nitrogens with zero attached hydrogens (tertiary/aromatic N) is 3. The monoisotopic (exact) mass is 362 g/mol. The Morgan fingerprint density at radius 2 is 1.68 bits per heavy atom. The van der Waals surface area contributed by atoms with Gasteiger partial charge in [0.15, 0.2) is 0 Å². The fourth-order valence-electron chi connectivity index (χ4n) is 2.96. The van der Waals surface area contributed by atoms with Crippen LogP contribution >= 0.6 is 0 Å². The molecule has 1 aromatic heterocycles. The number of anilines is 1. The molecule has 3 rings (SSSR count). The van der Waals surface area contributed by atoms with Crippen LogP contribution in [0.2, 0.25) is 0 Å². The minimum atomic E-state index is -3.65. The van der Waals surface area contributed by atoms with Gasteiger partial charge in [0.1, 0.15) is 0 Å². The van der Waals surface area contributed by atoms with Crippen LogP contribution < -0.4 is 15.6 Å². The van der Waals surface area contributed by atoms with Crippen LogP contribution in [0.5, 0.6) is 0 Å². The minimum Gasteiger partial charge on any atom is -0.369 e. The zero-order valence-electron chi connectivity index (χ0n) is 14.1. The summed E-state index contributed by atoms with van der Waals surface area (Å²) in [7, 11) is -1.91. The Hall–Kier alpha value is -2.16. The Morgan fingerprint density at radius 3 is 2.24 bits per heavy atom. The van der Waals surface area contributed by atoms with Crippen LogP contribution in [0.15, 0.2) is 52.3 Å². The average molecular weight is 362 g/mol. The van der Waals surface area contributed by atoms with Crippen molar-refractivity contribution >= 4 is 15.7 Å². The molecule has 1 aliphatic heterocycles. The highest BCUT2D eigenvalue weighted by Gasteiger charge is 2.18. The van der Waals surface area contributed by atoms with Crippen LogP contribution in [-0.2, 0) is 23.6 Å². The van der Waals surface area contributed by atoms with E-state index in [1.165, 1.54) is 12.1 Å². The van der Waals surface area contributed by atoms with Gasteiger partial charge in [-0.25, -0.2) is 13.6 Å². The van der Waals surface area contributed by atoms with E-state index in [-0.39, 0.29) is 10.5 Å². The normalized spacial score (nSPS) is 16.2. The number of nitrogens with two attached hydrogens (primary N) is 1. The third-order valence-electron chi connectivity index (χ3n) is 4.48. The molecule has 1 aliphatic rings. The van der Waals surface area contributed by atoms with E-state index in [2.05, 4.69) is 9.80 Å². The van der Waals surface area contributed by atoms with Crippen molar-refractivity contribution in [2.24, 2.45) is 12.2 Å². The van der Waals surface area contributed by atoms with Crippen molar-refractivity contribution in [3.8, 4) is 0 Å². The summed E-state index contributed by atoms with van der Waals surface area (Å²) < 4.78 is 24.2. The second-order valence-electron chi connectivity index (χ2n) is 6.29. The Kier molecular flexibility index (Phi) is 4.94. The summed E-state index contributed by atoms with van der Waals surface area (Å²) in [6, 6.07) is 10.3. The Morgan fingerprint density at radius 1 is 1.04 bits per heavy atom. The summed E-state index contributed by atoms with van der Waals surface area (Å²) in [4.78, 5) is 16.4. The van der Waals surface area contributed by atoms with Crippen molar-refractivity contribution in [1.82, 2.24) is 9.47 Å². The summed E-state index contributed by atoms with van der Waals surface area (Å²) in [6.07, 6.45) is 1.79. The molecule has 134 valence electrons. The van der Waals surface area contributed by atoms with Crippen molar-refractivity contribution in [2.45, 2.75) is 11.4 Å². The van der Waals surface area contributed by atoms with Gasteiger partial charge in [0.2, 0.25) is 10.0 Å². The van der Waals surface area contributed by atoms with Crippen molar-refractivity contribution in [3.63, 3.8) is 0 Å². The molecule has 2 aromatic rings. The zero-order chi connectivity index (χ0) is 18.0. The quantitative estimate of drug-likeness (QED) is 0.848. The molecule has 0 spiro atoms. The van der Waals surface area contributed by atoms with Gasteiger partial charge in [-0.2, -0.15) is 0 Å². The van der Waals surface area contributed by atoms with Gasteiger partial charge in [-0.3, -0.25) is 9.69 Å². The van der Waals surface area contributed by atoms with E-state index in [0.29, 0.717) is 0 Å². The Labute approximate surface area is 147 Å². The van der Waals surface area contributed by atoms with E-state index >= 15 is 0 Å². The van der Waals surface area contributed by atoms with Gasteiger partial charge in [-0.1, -0.05) is 0 Å². The van der Waals surface area contributed by atoms with Crippen LogP contribution in [0.4, 0.5) is 5.69 Å². The number of hydrogen-bond acceptors (Lipinski definition) is 5. The van der Waals surface area contributed by atoms with Gasteiger partial charge in [0, 0.05) is 57.7 Å². The fourth-order valence-corrected chi connectivity index (χ4v) is 3.47. The molecule has 1 saturated heterocycles. The molecule has 0 atom stereocenters. The topological polar surface area (TPSA) is 88.6 Å². The van der Waals surface area contributed by atoms with Gasteiger partial charge in [0.05, 0.1) is 4.90 Å². The number of hydrogen-bond donors (Lipinski definition) is 1. The number of benzene rings is 1. The van der Waals surface area contributed by atoms with E-state index in [1.54, 1.807) is 36.0 Å². The first-order chi connectivity index (χ1) is 11.8. The molecule has 0 unspecified atom stereocenters. The van der Waals surface area contributed by atoms with Crippen LogP contribution in [0.3, 0.4) is 0 Å². The third kappa shape index (κ3) is 4.28. The van der Waals surface area contributed by atoms with Crippen LogP contribution in [-0.4, -0.2) is 44.1 Å². The van der Waals surface area contributed by atoms with Crippen molar-refractivity contribution in [2.75, 3.05) is 31.1 Å². The highest BCUT2D eigenvalue weighted by molar-refractivity contribution is 7.89. The molecule has 1 aromatic carbocycles. The van der Waals surface area contributed by atoms with Crippen molar-refractivity contribution in [3.05, 3.63) is 58.5 Å². The van der Waals surface area contributed by atoms with Gasteiger partial charge >= 0.3 is 0 Å². The first-order valence-electron chi connectivity index (χ1n) is 8.09. The number of rotatable bonds is 4. The van der Waals surface area contributed by atoms with E-state index in [9.17, 15) is 13.2 Å².